The molecule has 0 radical (unpaired) electrons. The summed E-state index contributed by atoms with van der Waals surface area (Å²) in [6.07, 6.45) is 0. The number of hydrogen-bond acceptors (Lipinski definition) is 3. The number of nitrogens with one attached hydrogen (secondary N) is 1. The van der Waals surface area contributed by atoms with Crippen LogP contribution in [0.3, 0.4) is 0 Å². The van der Waals surface area contributed by atoms with Crippen LogP contribution >= 0.6 is 0 Å². The van der Waals surface area contributed by atoms with Crippen LogP contribution in [0, 0.1) is 0 Å². The number of para-hydroxylation sites is 2. The molecule has 0 fully saturated rings. The molecule has 0 amide bonds. The third-order valence-corrected chi connectivity index (χ3v) is 2.15. The maximum absolute atomic E-state index is 11.6. The van der Waals surface area contributed by atoms with Crippen LogP contribution in [0.2, 0.25) is 0 Å². The lowest BCUT2D eigenvalue weighted by Crippen LogP contribution is -2.36. The molecule has 14 heavy (non-hydrogen) atoms. The van der Waals surface area contributed by atoms with Crippen LogP contribution in [-0.2, 0) is 7.05 Å². The van der Waals surface area contributed by atoms with Crippen molar-refractivity contribution in [1.82, 2.24) is 9.55 Å². The first kappa shape index (κ1) is 8.55. The van der Waals surface area contributed by atoms with Crippen molar-refractivity contribution in [3.63, 3.8) is 0 Å². The van der Waals surface area contributed by atoms with Crippen LogP contribution in [0.15, 0.2) is 34.2 Å². The second-order valence-electron chi connectivity index (χ2n) is 2.98. The van der Waals surface area contributed by atoms with Gasteiger partial charge in [-0.3, -0.25) is 4.79 Å². The number of aryl methyl sites for hydroxylation is 1. The predicted molar refractivity (Wildman–Crippen MR) is 53.3 cm³/mol. The quantitative estimate of drug-likeness (QED) is 0.439. The Morgan fingerprint density at radius 1 is 1.43 bits per heavy atom. The van der Waals surface area contributed by atoms with Crippen LogP contribution in [0.4, 0.5) is 0 Å². The summed E-state index contributed by atoms with van der Waals surface area (Å²) in [4.78, 5) is 14.4. The van der Waals surface area contributed by atoms with E-state index < -0.39 is 0 Å². The molecule has 1 aromatic heterocycles. The molecule has 0 saturated heterocycles. The Morgan fingerprint density at radius 3 is 2.86 bits per heavy atom. The van der Waals surface area contributed by atoms with E-state index in [4.69, 9.17) is 5.84 Å². The molecule has 3 N–H and O–H groups in total. The van der Waals surface area contributed by atoms with Crippen molar-refractivity contribution in [3.8, 4) is 0 Å². The minimum Gasteiger partial charge on any atom is -0.332 e. The minimum absolute atomic E-state index is 0.159. The molecule has 2 aromatic rings. The molecule has 0 bridgehead atoms. The standard InChI is InChI=1S/C9H10N4O/c1-13-7-5-3-2-4-6(7)11-8(12-10)9(13)14/h2-5H,10H2,1H3,(H,11,12). The van der Waals surface area contributed by atoms with Gasteiger partial charge in [0.05, 0.1) is 11.0 Å². The Labute approximate surface area is 79.5 Å². The van der Waals surface area contributed by atoms with Crippen LogP contribution in [0.25, 0.3) is 11.0 Å². The summed E-state index contributed by atoms with van der Waals surface area (Å²) in [5.74, 6) is 5.09. The van der Waals surface area contributed by atoms with Gasteiger partial charge >= 0.3 is 0 Å². The average molecular weight is 190 g/mol. The topological polar surface area (TPSA) is 76.2 Å². The van der Waals surface area contributed by atoms with E-state index in [1.54, 1.807) is 7.05 Å². The molecule has 0 saturated carbocycles. The fourth-order valence-electron chi connectivity index (χ4n) is 1.41. The van der Waals surface area contributed by atoms with Gasteiger partial charge in [-0.15, -0.1) is 0 Å². The Morgan fingerprint density at radius 2 is 2.14 bits per heavy atom. The van der Waals surface area contributed by atoms with Gasteiger partial charge in [-0.1, -0.05) is 12.1 Å². The molecule has 0 aliphatic rings. The maximum Gasteiger partial charge on any atom is 0.295 e. The van der Waals surface area contributed by atoms with E-state index in [1.165, 1.54) is 4.57 Å². The highest BCUT2D eigenvalue weighted by atomic mass is 16.1. The monoisotopic (exact) mass is 190 g/mol. The number of nitrogens with two attached hydrogens (primary N) is 1. The lowest BCUT2D eigenvalue weighted by atomic mass is 10.3. The van der Waals surface area contributed by atoms with E-state index in [0.29, 0.717) is 0 Å². The number of aromatic nitrogens is 2. The molecule has 5 nitrogen and oxygen atoms in total. The summed E-state index contributed by atoms with van der Waals surface area (Å²) in [7, 11) is 1.69. The highest BCUT2D eigenvalue weighted by Crippen LogP contribution is 2.04. The number of nitrogens with zero attached hydrogens (tertiary/aromatic N) is 2. The second kappa shape index (κ2) is 3.02. The third-order valence-electron chi connectivity index (χ3n) is 2.15. The first-order valence-electron chi connectivity index (χ1n) is 4.16. The molecule has 72 valence electrons. The van der Waals surface area contributed by atoms with Gasteiger partial charge in [-0.2, -0.15) is 5.10 Å². The molecule has 1 aromatic carbocycles. The zero-order chi connectivity index (χ0) is 10.1. The highest BCUT2D eigenvalue weighted by molar-refractivity contribution is 5.73. The van der Waals surface area contributed by atoms with Gasteiger partial charge in [-0.25, -0.2) is 0 Å². The average Bonchev–Trinajstić information content (AvgIpc) is 2.23. The summed E-state index contributed by atoms with van der Waals surface area (Å²) in [5.41, 5.74) is 1.58. The lowest BCUT2D eigenvalue weighted by Gasteiger charge is -2.03. The van der Waals surface area contributed by atoms with E-state index in [2.05, 4.69) is 10.1 Å². The predicted octanol–water partition coefficient (Wildman–Crippen LogP) is -0.359. The molecule has 0 atom stereocenters. The Kier molecular flexibility index (Phi) is 1.85. The van der Waals surface area contributed by atoms with Crippen molar-refractivity contribution in [2.24, 2.45) is 18.0 Å². The zero-order valence-corrected chi connectivity index (χ0v) is 7.69. The highest BCUT2D eigenvalue weighted by Gasteiger charge is 2.00. The van der Waals surface area contributed by atoms with Gasteiger partial charge in [0.15, 0.2) is 0 Å². The Balaban J connectivity index is 3.08. The molecule has 0 aliphatic carbocycles. The van der Waals surface area contributed by atoms with E-state index >= 15 is 0 Å². The van der Waals surface area contributed by atoms with Crippen LogP contribution < -0.4 is 16.9 Å². The molecule has 0 spiro atoms. The Hall–Kier alpha value is -2.04. The molecule has 2 rings (SSSR count). The van der Waals surface area contributed by atoms with Gasteiger partial charge in [-0.05, 0) is 12.1 Å². The van der Waals surface area contributed by atoms with E-state index in [1.807, 2.05) is 24.3 Å². The number of benzene rings is 1. The van der Waals surface area contributed by atoms with Crippen LogP contribution in [0.1, 0.15) is 0 Å². The molecule has 5 heteroatoms. The summed E-state index contributed by atoms with van der Waals surface area (Å²) in [6.45, 7) is 0. The molecular weight excluding hydrogens is 180 g/mol. The Bertz CT molecular complexity index is 594. The number of hydrogen-bond donors (Lipinski definition) is 2. The van der Waals surface area contributed by atoms with Gasteiger partial charge in [0.25, 0.3) is 5.56 Å². The number of H-pyrrole nitrogens is 1. The summed E-state index contributed by atoms with van der Waals surface area (Å²) in [5, 5.41) is 3.39. The van der Waals surface area contributed by atoms with Gasteiger partial charge < -0.3 is 15.4 Å². The first-order chi connectivity index (χ1) is 6.74. The van der Waals surface area contributed by atoms with Crippen molar-refractivity contribution in [2.45, 2.75) is 0 Å². The summed E-state index contributed by atoms with van der Waals surface area (Å²) >= 11 is 0. The molecule has 1 heterocycles. The zero-order valence-electron chi connectivity index (χ0n) is 7.69. The normalized spacial score (nSPS) is 12.2. The van der Waals surface area contributed by atoms with Crippen molar-refractivity contribution >= 4 is 11.0 Å². The van der Waals surface area contributed by atoms with E-state index in [9.17, 15) is 4.79 Å². The van der Waals surface area contributed by atoms with E-state index in [-0.39, 0.29) is 11.0 Å². The fraction of sp³-hybridized carbons (Fsp3) is 0.111. The SMILES string of the molecule is Cn1c(=O)c(=NN)[nH]c2ccccc21. The van der Waals surface area contributed by atoms with Crippen molar-refractivity contribution < 1.29 is 0 Å². The third kappa shape index (κ3) is 1.10. The molecule has 0 unspecified atom stereocenters. The largest absolute Gasteiger partial charge is 0.332 e. The fourth-order valence-corrected chi connectivity index (χ4v) is 1.41. The first-order valence-corrected chi connectivity index (χ1v) is 4.16. The van der Waals surface area contributed by atoms with Crippen LogP contribution in [0.5, 0.6) is 0 Å². The van der Waals surface area contributed by atoms with Gasteiger partial charge in [0, 0.05) is 7.05 Å². The second-order valence-corrected chi connectivity index (χ2v) is 2.98. The molecule has 0 aliphatic heterocycles. The van der Waals surface area contributed by atoms with Gasteiger partial charge in [0.1, 0.15) is 0 Å². The van der Waals surface area contributed by atoms with Crippen molar-refractivity contribution in [1.29, 1.82) is 0 Å². The number of fused-ring (bicyclic) bond motifs is 1. The van der Waals surface area contributed by atoms with Crippen LogP contribution in [-0.4, -0.2) is 9.55 Å². The number of aromatic amines is 1. The smallest absolute Gasteiger partial charge is 0.295 e. The summed E-state index contributed by atoms with van der Waals surface area (Å²) in [6, 6.07) is 7.47. The van der Waals surface area contributed by atoms with E-state index in [0.717, 1.165) is 11.0 Å². The van der Waals surface area contributed by atoms with Crippen molar-refractivity contribution in [3.05, 3.63) is 40.1 Å². The molecular formula is C9H10N4O. The lowest BCUT2D eigenvalue weighted by molar-refractivity contribution is 0.849. The summed E-state index contributed by atoms with van der Waals surface area (Å²) < 4.78 is 1.51. The number of rotatable bonds is 0. The van der Waals surface area contributed by atoms with Crippen molar-refractivity contribution in [2.75, 3.05) is 0 Å². The maximum atomic E-state index is 11.6. The minimum atomic E-state index is -0.230. The van der Waals surface area contributed by atoms with Gasteiger partial charge in [0.2, 0.25) is 5.49 Å².